The van der Waals surface area contributed by atoms with E-state index in [1.807, 2.05) is 11.4 Å². The molecule has 0 fully saturated rings. The number of rotatable bonds is 4. The van der Waals surface area contributed by atoms with Crippen LogP contribution in [0.2, 0.25) is 0 Å². The van der Waals surface area contributed by atoms with E-state index in [0.29, 0.717) is 5.69 Å². The Bertz CT molecular complexity index is 740. The first-order valence-corrected chi connectivity index (χ1v) is 9.19. The number of thiophene rings is 1. The summed E-state index contributed by atoms with van der Waals surface area (Å²) < 4.78 is 28.0. The molecule has 0 bridgehead atoms. The molecule has 1 atom stereocenters. The number of sulfonamides is 1. The lowest BCUT2D eigenvalue weighted by molar-refractivity contribution is 0.509. The molecule has 3 rings (SSSR count). The van der Waals surface area contributed by atoms with Gasteiger partial charge in [-0.1, -0.05) is 0 Å². The summed E-state index contributed by atoms with van der Waals surface area (Å²) in [5.41, 5.74) is 1.61. The standard InChI is InChI=1S/C14H17N3O2S2/c1-15-12-5-3-8-16-14(12)21(18,19)17-11-4-2-6-13-10(11)7-9-20-13/h3,5,7-9,11,15,17H,2,4,6H2,1H3. The van der Waals surface area contributed by atoms with Crippen LogP contribution in [0.1, 0.15) is 29.3 Å². The maximum absolute atomic E-state index is 12.6. The summed E-state index contributed by atoms with van der Waals surface area (Å²) in [7, 11) is -1.95. The lowest BCUT2D eigenvalue weighted by Crippen LogP contribution is -2.31. The van der Waals surface area contributed by atoms with Gasteiger partial charge in [0.2, 0.25) is 0 Å². The van der Waals surface area contributed by atoms with Gasteiger partial charge in [0.1, 0.15) is 0 Å². The summed E-state index contributed by atoms with van der Waals surface area (Å²) in [5.74, 6) is 0. The zero-order chi connectivity index (χ0) is 14.9. The highest BCUT2D eigenvalue weighted by Gasteiger charge is 2.28. The van der Waals surface area contributed by atoms with Crippen molar-refractivity contribution in [3.63, 3.8) is 0 Å². The molecule has 2 N–H and O–H groups in total. The number of hydrogen-bond donors (Lipinski definition) is 2. The summed E-state index contributed by atoms with van der Waals surface area (Å²) in [4.78, 5) is 5.30. The van der Waals surface area contributed by atoms with Crippen LogP contribution in [0.4, 0.5) is 5.69 Å². The third-order valence-corrected chi connectivity index (χ3v) is 6.07. The molecule has 0 aromatic carbocycles. The fraction of sp³-hybridized carbons (Fsp3) is 0.357. The van der Waals surface area contributed by atoms with Crippen LogP contribution in [-0.4, -0.2) is 20.4 Å². The molecule has 0 radical (unpaired) electrons. The number of pyridine rings is 1. The van der Waals surface area contributed by atoms with Gasteiger partial charge in [0.15, 0.2) is 5.03 Å². The Hall–Kier alpha value is -1.44. The van der Waals surface area contributed by atoms with Crippen LogP contribution in [0.5, 0.6) is 0 Å². The van der Waals surface area contributed by atoms with E-state index in [1.54, 1.807) is 30.5 Å². The van der Waals surface area contributed by atoms with E-state index in [1.165, 1.54) is 11.1 Å². The molecule has 2 aromatic heterocycles. The quantitative estimate of drug-likeness (QED) is 0.907. The average Bonchev–Trinajstić information content (AvgIpc) is 2.96. The first kappa shape index (κ1) is 14.5. The number of hydrogen-bond acceptors (Lipinski definition) is 5. The molecule has 2 heterocycles. The molecule has 0 spiro atoms. The Morgan fingerprint density at radius 2 is 2.24 bits per heavy atom. The van der Waals surface area contributed by atoms with Crippen LogP contribution >= 0.6 is 11.3 Å². The van der Waals surface area contributed by atoms with Crippen molar-refractivity contribution in [3.05, 3.63) is 40.2 Å². The maximum atomic E-state index is 12.6. The van der Waals surface area contributed by atoms with E-state index < -0.39 is 10.0 Å². The summed E-state index contributed by atoms with van der Waals surface area (Å²) in [5, 5.41) is 4.95. The van der Waals surface area contributed by atoms with Crippen molar-refractivity contribution in [2.24, 2.45) is 0 Å². The Balaban J connectivity index is 1.91. The van der Waals surface area contributed by atoms with Gasteiger partial charge in [-0.05, 0) is 48.4 Å². The average molecular weight is 323 g/mol. The largest absolute Gasteiger partial charge is 0.386 e. The molecule has 0 saturated heterocycles. The number of aromatic nitrogens is 1. The van der Waals surface area contributed by atoms with Crippen LogP contribution in [0.25, 0.3) is 0 Å². The van der Waals surface area contributed by atoms with Gasteiger partial charge in [-0.3, -0.25) is 0 Å². The number of fused-ring (bicyclic) bond motifs is 1. The van der Waals surface area contributed by atoms with Gasteiger partial charge in [-0.15, -0.1) is 11.3 Å². The second-order valence-electron chi connectivity index (χ2n) is 4.97. The van der Waals surface area contributed by atoms with E-state index in [0.717, 1.165) is 24.8 Å². The summed E-state index contributed by atoms with van der Waals surface area (Å²) in [6.07, 6.45) is 4.36. The number of aryl methyl sites for hydroxylation is 1. The number of nitrogens with zero attached hydrogens (tertiary/aromatic N) is 1. The van der Waals surface area contributed by atoms with Crippen LogP contribution in [0.3, 0.4) is 0 Å². The monoisotopic (exact) mass is 323 g/mol. The van der Waals surface area contributed by atoms with Crippen molar-refractivity contribution in [1.82, 2.24) is 9.71 Å². The molecule has 5 nitrogen and oxygen atoms in total. The van der Waals surface area contributed by atoms with Gasteiger partial charge in [0, 0.05) is 24.2 Å². The number of nitrogens with one attached hydrogen (secondary N) is 2. The third kappa shape index (κ3) is 2.81. The van der Waals surface area contributed by atoms with E-state index in [2.05, 4.69) is 15.0 Å². The minimum absolute atomic E-state index is 0.0508. The summed E-state index contributed by atoms with van der Waals surface area (Å²) in [6, 6.07) is 5.28. The highest BCUT2D eigenvalue weighted by molar-refractivity contribution is 7.89. The highest BCUT2D eigenvalue weighted by Crippen LogP contribution is 2.34. The van der Waals surface area contributed by atoms with Crippen LogP contribution < -0.4 is 10.0 Å². The molecule has 0 aliphatic heterocycles. The minimum atomic E-state index is -3.64. The predicted octanol–water partition coefficient (Wildman–Crippen LogP) is 2.54. The van der Waals surface area contributed by atoms with Crippen molar-refractivity contribution in [3.8, 4) is 0 Å². The second kappa shape index (κ2) is 5.75. The lowest BCUT2D eigenvalue weighted by atomic mass is 9.95. The molecule has 1 unspecified atom stereocenters. The van der Waals surface area contributed by atoms with E-state index in [9.17, 15) is 8.42 Å². The first-order valence-electron chi connectivity index (χ1n) is 6.83. The lowest BCUT2D eigenvalue weighted by Gasteiger charge is -2.23. The van der Waals surface area contributed by atoms with Crippen molar-refractivity contribution < 1.29 is 8.42 Å². The van der Waals surface area contributed by atoms with Crippen LogP contribution in [0.15, 0.2) is 34.8 Å². The molecule has 0 saturated carbocycles. The summed E-state index contributed by atoms with van der Waals surface area (Å²) >= 11 is 1.70. The van der Waals surface area contributed by atoms with E-state index >= 15 is 0 Å². The zero-order valence-corrected chi connectivity index (χ0v) is 13.3. The van der Waals surface area contributed by atoms with Crippen LogP contribution in [-0.2, 0) is 16.4 Å². The van der Waals surface area contributed by atoms with Gasteiger partial charge in [0.25, 0.3) is 10.0 Å². The Morgan fingerprint density at radius 3 is 3.05 bits per heavy atom. The summed E-state index contributed by atoms with van der Waals surface area (Å²) in [6.45, 7) is 0. The molecule has 21 heavy (non-hydrogen) atoms. The third-order valence-electron chi connectivity index (χ3n) is 3.64. The fourth-order valence-electron chi connectivity index (χ4n) is 2.65. The zero-order valence-electron chi connectivity index (χ0n) is 11.7. The first-order chi connectivity index (χ1) is 10.1. The van der Waals surface area contributed by atoms with Gasteiger partial charge in [-0.2, -0.15) is 0 Å². The van der Waals surface area contributed by atoms with Gasteiger partial charge >= 0.3 is 0 Å². The topological polar surface area (TPSA) is 71.1 Å². The molecule has 2 aromatic rings. The molecule has 1 aliphatic rings. The van der Waals surface area contributed by atoms with Crippen molar-refractivity contribution in [2.45, 2.75) is 30.3 Å². The molecular weight excluding hydrogens is 306 g/mol. The Morgan fingerprint density at radius 1 is 1.38 bits per heavy atom. The molecule has 0 amide bonds. The SMILES string of the molecule is CNc1cccnc1S(=O)(=O)NC1CCCc2sccc21. The van der Waals surface area contributed by atoms with Gasteiger partial charge < -0.3 is 5.32 Å². The highest BCUT2D eigenvalue weighted by atomic mass is 32.2. The number of anilines is 1. The van der Waals surface area contributed by atoms with Crippen LogP contribution in [0, 0.1) is 0 Å². The molecule has 1 aliphatic carbocycles. The predicted molar refractivity (Wildman–Crippen MR) is 84.1 cm³/mol. The molecule has 112 valence electrons. The van der Waals surface area contributed by atoms with Gasteiger partial charge in [0.05, 0.1) is 5.69 Å². The maximum Gasteiger partial charge on any atom is 0.260 e. The van der Waals surface area contributed by atoms with E-state index in [-0.39, 0.29) is 11.1 Å². The minimum Gasteiger partial charge on any atom is -0.386 e. The normalized spacial score (nSPS) is 18.2. The van der Waals surface area contributed by atoms with Crippen molar-refractivity contribution in [2.75, 3.05) is 12.4 Å². The smallest absolute Gasteiger partial charge is 0.260 e. The molecular formula is C14H17N3O2S2. The van der Waals surface area contributed by atoms with Gasteiger partial charge in [-0.25, -0.2) is 18.1 Å². The Kier molecular flexibility index (Phi) is 3.97. The van der Waals surface area contributed by atoms with Crippen molar-refractivity contribution in [1.29, 1.82) is 0 Å². The Labute approximate surface area is 128 Å². The fourth-order valence-corrected chi connectivity index (χ4v) is 5.02. The van der Waals surface area contributed by atoms with E-state index in [4.69, 9.17) is 0 Å². The molecule has 7 heteroatoms. The second-order valence-corrected chi connectivity index (χ2v) is 7.60. The van der Waals surface area contributed by atoms with Crippen molar-refractivity contribution >= 4 is 27.0 Å².